The number of nitrogens with zero attached hydrogens (tertiary/aromatic N) is 1. The smallest absolute Gasteiger partial charge is 0.226 e. The molecule has 1 aromatic carbocycles. The summed E-state index contributed by atoms with van der Waals surface area (Å²) in [6.45, 7) is 5.83. The molecule has 0 heterocycles. The number of benzene rings is 1. The first-order valence-corrected chi connectivity index (χ1v) is 6.99. The van der Waals surface area contributed by atoms with Gasteiger partial charge in [0.15, 0.2) is 0 Å². The zero-order valence-electron chi connectivity index (χ0n) is 12.9. The predicted octanol–water partition coefficient (Wildman–Crippen LogP) is 2.60. The van der Waals surface area contributed by atoms with Crippen molar-refractivity contribution in [2.45, 2.75) is 20.3 Å². The third-order valence-corrected chi connectivity index (χ3v) is 3.49. The van der Waals surface area contributed by atoms with Gasteiger partial charge in [-0.1, -0.05) is 44.2 Å². The largest absolute Gasteiger partial charge is 0.344 e. The quantitative estimate of drug-likeness (QED) is 0.839. The Morgan fingerprint density at radius 3 is 2.35 bits per heavy atom. The van der Waals surface area contributed by atoms with Crippen molar-refractivity contribution in [1.29, 1.82) is 0 Å². The minimum absolute atomic E-state index is 0. The summed E-state index contributed by atoms with van der Waals surface area (Å²) in [6.07, 6.45) is 0.821. The molecule has 114 valence electrons. The van der Waals surface area contributed by atoms with E-state index < -0.39 is 0 Å². The van der Waals surface area contributed by atoms with Crippen LogP contribution in [-0.4, -0.2) is 38.0 Å². The number of rotatable bonds is 7. The summed E-state index contributed by atoms with van der Waals surface area (Å²) in [6, 6.07) is 10.3. The predicted molar refractivity (Wildman–Crippen MR) is 87.3 cm³/mol. The van der Waals surface area contributed by atoms with E-state index in [4.69, 9.17) is 0 Å². The first kappa shape index (κ1) is 18.9. The van der Waals surface area contributed by atoms with Gasteiger partial charge in [0.2, 0.25) is 5.91 Å². The Morgan fingerprint density at radius 1 is 1.25 bits per heavy atom. The number of carbonyl (C=O) groups excluding carboxylic acids is 1. The Labute approximate surface area is 129 Å². The number of hydrogen-bond donors (Lipinski definition) is 1. The van der Waals surface area contributed by atoms with Crippen LogP contribution in [0.25, 0.3) is 0 Å². The van der Waals surface area contributed by atoms with E-state index in [1.165, 1.54) is 5.56 Å². The van der Waals surface area contributed by atoms with Crippen LogP contribution < -0.4 is 5.32 Å². The molecule has 0 saturated heterocycles. The second kappa shape index (κ2) is 9.78. The van der Waals surface area contributed by atoms with Gasteiger partial charge in [0, 0.05) is 26.1 Å². The van der Waals surface area contributed by atoms with Gasteiger partial charge in [-0.05, 0) is 24.9 Å². The van der Waals surface area contributed by atoms with Crippen LogP contribution in [0.15, 0.2) is 30.3 Å². The van der Waals surface area contributed by atoms with Gasteiger partial charge in [-0.25, -0.2) is 0 Å². The van der Waals surface area contributed by atoms with E-state index in [1.54, 1.807) is 0 Å². The molecule has 0 aliphatic rings. The number of hydrogen-bond acceptors (Lipinski definition) is 2. The molecule has 0 aliphatic heterocycles. The Balaban J connectivity index is 0.00000361. The van der Waals surface area contributed by atoms with Gasteiger partial charge in [0.05, 0.1) is 0 Å². The average molecular weight is 299 g/mol. The van der Waals surface area contributed by atoms with Crippen LogP contribution in [-0.2, 0) is 11.2 Å². The fraction of sp³-hybridized carbons (Fsp3) is 0.562. The Bertz CT molecular complexity index is 381. The highest BCUT2D eigenvalue weighted by Crippen LogP contribution is 2.19. The fourth-order valence-corrected chi connectivity index (χ4v) is 2.15. The van der Waals surface area contributed by atoms with E-state index in [0.717, 1.165) is 19.5 Å². The summed E-state index contributed by atoms with van der Waals surface area (Å²) in [5.74, 6) is 0.656. The maximum Gasteiger partial charge on any atom is 0.226 e. The van der Waals surface area contributed by atoms with Gasteiger partial charge in [0.1, 0.15) is 0 Å². The lowest BCUT2D eigenvalue weighted by Gasteiger charge is -2.26. The van der Waals surface area contributed by atoms with Crippen molar-refractivity contribution >= 4 is 18.3 Å². The van der Waals surface area contributed by atoms with Crippen LogP contribution in [0.2, 0.25) is 0 Å². The lowest BCUT2D eigenvalue weighted by molar-refractivity contribution is -0.135. The van der Waals surface area contributed by atoms with E-state index in [-0.39, 0.29) is 24.2 Å². The topological polar surface area (TPSA) is 32.3 Å². The minimum Gasteiger partial charge on any atom is -0.344 e. The number of carbonyl (C=O) groups is 1. The average Bonchev–Trinajstić information content (AvgIpc) is 2.42. The van der Waals surface area contributed by atoms with Crippen molar-refractivity contribution < 1.29 is 4.79 Å². The van der Waals surface area contributed by atoms with Gasteiger partial charge in [-0.15, -0.1) is 12.4 Å². The molecule has 0 radical (unpaired) electrons. The second-order valence-electron chi connectivity index (χ2n) is 5.40. The van der Waals surface area contributed by atoms with Gasteiger partial charge in [-0.2, -0.15) is 0 Å². The number of halogens is 1. The summed E-state index contributed by atoms with van der Waals surface area (Å²) < 4.78 is 0. The molecule has 0 aromatic heterocycles. The Kier molecular flexibility index (Phi) is 9.26. The first-order chi connectivity index (χ1) is 9.06. The zero-order valence-corrected chi connectivity index (χ0v) is 13.7. The summed E-state index contributed by atoms with van der Waals surface area (Å²) in [7, 11) is 3.79. The monoisotopic (exact) mass is 298 g/mol. The molecule has 1 N–H and O–H groups in total. The van der Waals surface area contributed by atoms with E-state index in [2.05, 4.69) is 31.3 Å². The maximum absolute atomic E-state index is 12.5. The summed E-state index contributed by atoms with van der Waals surface area (Å²) in [5.41, 5.74) is 1.23. The minimum atomic E-state index is 0. The van der Waals surface area contributed by atoms with Gasteiger partial charge in [0.25, 0.3) is 0 Å². The highest BCUT2D eigenvalue weighted by Gasteiger charge is 2.25. The van der Waals surface area contributed by atoms with Crippen molar-refractivity contribution in [3.63, 3.8) is 0 Å². The third kappa shape index (κ3) is 5.93. The molecule has 4 heteroatoms. The van der Waals surface area contributed by atoms with Gasteiger partial charge >= 0.3 is 0 Å². The van der Waals surface area contributed by atoms with E-state index in [0.29, 0.717) is 5.92 Å². The first-order valence-electron chi connectivity index (χ1n) is 6.99. The van der Waals surface area contributed by atoms with Crippen LogP contribution >= 0.6 is 12.4 Å². The lowest BCUT2D eigenvalue weighted by Crippen LogP contribution is -2.39. The van der Waals surface area contributed by atoms with Crippen molar-refractivity contribution in [1.82, 2.24) is 10.2 Å². The van der Waals surface area contributed by atoms with Gasteiger partial charge in [-0.3, -0.25) is 4.79 Å². The molecule has 3 nitrogen and oxygen atoms in total. The Morgan fingerprint density at radius 2 is 1.85 bits per heavy atom. The third-order valence-electron chi connectivity index (χ3n) is 3.49. The molecule has 0 bridgehead atoms. The molecule has 20 heavy (non-hydrogen) atoms. The van der Waals surface area contributed by atoms with Crippen LogP contribution in [0, 0.1) is 11.8 Å². The lowest BCUT2D eigenvalue weighted by atomic mass is 9.88. The molecule has 1 unspecified atom stereocenters. The molecular weight excluding hydrogens is 272 g/mol. The molecule has 1 rings (SSSR count). The van der Waals surface area contributed by atoms with E-state index >= 15 is 0 Å². The number of amides is 1. The molecule has 1 aromatic rings. The second-order valence-corrected chi connectivity index (χ2v) is 5.40. The molecular formula is C16H27ClN2O. The molecule has 1 atom stereocenters. The molecule has 0 spiro atoms. The van der Waals surface area contributed by atoms with E-state index in [9.17, 15) is 4.79 Å². The molecule has 0 fully saturated rings. The Hall–Kier alpha value is -1.06. The summed E-state index contributed by atoms with van der Waals surface area (Å²) in [4.78, 5) is 14.3. The highest BCUT2D eigenvalue weighted by molar-refractivity contribution is 5.85. The van der Waals surface area contributed by atoms with Crippen LogP contribution in [0.4, 0.5) is 0 Å². The number of nitrogens with one attached hydrogen (secondary N) is 1. The molecule has 0 saturated carbocycles. The normalized spacial score (nSPS) is 11.8. The van der Waals surface area contributed by atoms with E-state index in [1.807, 2.05) is 37.2 Å². The van der Waals surface area contributed by atoms with Crippen LogP contribution in [0.5, 0.6) is 0 Å². The van der Waals surface area contributed by atoms with Crippen molar-refractivity contribution in [3.05, 3.63) is 35.9 Å². The zero-order chi connectivity index (χ0) is 14.3. The van der Waals surface area contributed by atoms with Crippen molar-refractivity contribution in [3.8, 4) is 0 Å². The standard InChI is InChI=1S/C16H26N2O.ClH/c1-13(2)15(12-14-8-6-5-7-9-14)16(19)18(4)11-10-17-3;/h5-9,13,15,17H,10-12H2,1-4H3;1H. The summed E-state index contributed by atoms with van der Waals surface area (Å²) >= 11 is 0. The van der Waals surface area contributed by atoms with Gasteiger partial charge < -0.3 is 10.2 Å². The van der Waals surface area contributed by atoms with Crippen LogP contribution in [0.1, 0.15) is 19.4 Å². The van der Waals surface area contributed by atoms with Crippen molar-refractivity contribution in [2.75, 3.05) is 27.2 Å². The maximum atomic E-state index is 12.5. The van der Waals surface area contributed by atoms with Crippen LogP contribution in [0.3, 0.4) is 0 Å². The van der Waals surface area contributed by atoms with Crippen molar-refractivity contribution in [2.24, 2.45) is 11.8 Å². The molecule has 1 amide bonds. The fourth-order valence-electron chi connectivity index (χ4n) is 2.15. The SMILES string of the molecule is CNCCN(C)C(=O)C(Cc1ccccc1)C(C)C.Cl. The number of likely N-dealkylation sites (N-methyl/N-ethyl adjacent to an activating group) is 2. The molecule has 0 aliphatic carbocycles. The highest BCUT2D eigenvalue weighted by atomic mass is 35.5. The summed E-state index contributed by atoms with van der Waals surface area (Å²) in [5, 5.41) is 3.08.